The van der Waals surface area contributed by atoms with Gasteiger partial charge in [0.2, 0.25) is 0 Å². The monoisotopic (exact) mass is 332 g/mol. The SMILES string of the molecule is CC.CC(=O)OC(C)CCOCCCOCCC1CCC(=O)O1. The summed E-state index contributed by atoms with van der Waals surface area (Å²) < 4.78 is 21.0. The quantitative estimate of drug-likeness (QED) is 0.428. The van der Waals surface area contributed by atoms with Gasteiger partial charge in [-0.2, -0.15) is 0 Å². The summed E-state index contributed by atoms with van der Waals surface area (Å²) in [5, 5.41) is 0. The van der Waals surface area contributed by atoms with Crippen LogP contribution in [0.25, 0.3) is 0 Å². The summed E-state index contributed by atoms with van der Waals surface area (Å²) >= 11 is 0. The minimum Gasteiger partial charge on any atom is -0.463 e. The highest BCUT2D eigenvalue weighted by Crippen LogP contribution is 2.16. The summed E-state index contributed by atoms with van der Waals surface area (Å²) in [5.74, 6) is -0.361. The summed E-state index contributed by atoms with van der Waals surface area (Å²) in [5.41, 5.74) is 0. The predicted octanol–water partition coefficient (Wildman–Crippen LogP) is 2.87. The lowest BCUT2D eigenvalue weighted by Crippen LogP contribution is -2.15. The topological polar surface area (TPSA) is 71.1 Å². The smallest absolute Gasteiger partial charge is 0.306 e. The zero-order valence-electron chi connectivity index (χ0n) is 15.0. The van der Waals surface area contributed by atoms with Crippen molar-refractivity contribution in [3.05, 3.63) is 0 Å². The normalized spacial score (nSPS) is 17.9. The summed E-state index contributed by atoms with van der Waals surface area (Å²) in [7, 11) is 0. The minimum atomic E-state index is -0.260. The van der Waals surface area contributed by atoms with Crippen molar-refractivity contribution in [3.63, 3.8) is 0 Å². The Kier molecular flexibility index (Phi) is 13.7. The maximum absolute atomic E-state index is 10.9. The number of hydrogen-bond acceptors (Lipinski definition) is 6. The largest absolute Gasteiger partial charge is 0.463 e. The number of hydrogen-bond donors (Lipinski definition) is 0. The van der Waals surface area contributed by atoms with Gasteiger partial charge in [0.15, 0.2) is 0 Å². The van der Waals surface area contributed by atoms with Gasteiger partial charge in [0.25, 0.3) is 0 Å². The van der Waals surface area contributed by atoms with Crippen LogP contribution in [0.15, 0.2) is 0 Å². The van der Waals surface area contributed by atoms with E-state index in [9.17, 15) is 9.59 Å². The summed E-state index contributed by atoms with van der Waals surface area (Å²) in [6.45, 7) is 9.71. The van der Waals surface area contributed by atoms with Crippen molar-refractivity contribution in [2.75, 3.05) is 26.4 Å². The van der Waals surface area contributed by atoms with E-state index in [0.29, 0.717) is 39.3 Å². The zero-order valence-corrected chi connectivity index (χ0v) is 15.0. The Morgan fingerprint density at radius 3 is 2.43 bits per heavy atom. The second-order valence-electron chi connectivity index (χ2n) is 5.23. The Balaban J connectivity index is 0.00000232. The number of carbonyl (C=O) groups excluding carboxylic acids is 2. The highest BCUT2D eigenvalue weighted by Gasteiger charge is 2.22. The first-order valence-corrected chi connectivity index (χ1v) is 8.60. The molecule has 0 N–H and O–H groups in total. The molecule has 136 valence electrons. The molecule has 1 aliphatic heterocycles. The van der Waals surface area contributed by atoms with Crippen LogP contribution in [0.2, 0.25) is 0 Å². The van der Waals surface area contributed by atoms with Gasteiger partial charge >= 0.3 is 11.9 Å². The molecule has 0 amide bonds. The van der Waals surface area contributed by atoms with E-state index in [1.54, 1.807) is 0 Å². The molecule has 6 nitrogen and oxygen atoms in total. The first kappa shape index (κ1) is 21.9. The van der Waals surface area contributed by atoms with Crippen LogP contribution in [0.4, 0.5) is 0 Å². The summed E-state index contributed by atoms with van der Waals surface area (Å²) in [4.78, 5) is 21.6. The molecule has 0 aliphatic carbocycles. The van der Waals surface area contributed by atoms with E-state index < -0.39 is 0 Å². The Morgan fingerprint density at radius 2 is 1.87 bits per heavy atom. The van der Waals surface area contributed by atoms with Crippen molar-refractivity contribution in [2.45, 2.75) is 72.0 Å². The molecule has 0 aromatic rings. The van der Waals surface area contributed by atoms with Crippen LogP contribution in [0.5, 0.6) is 0 Å². The van der Waals surface area contributed by atoms with E-state index in [-0.39, 0.29) is 24.1 Å². The molecule has 0 saturated carbocycles. The van der Waals surface area contributed by atoms with Gasteiger partial charge in [0.05, 0.1) is 13.2 Å². The highest BCUT2D eigenvalue weighted by molar-refractivity contribution is 5.71. The van der Waals surface area contributed by atoms with Crippen LogP contribution in [0.1, 0.15) is 59.8 Å². The molecular formula is C17H32O6. The Bertz CT molecular complexity index is 318. The molecular weight excluding hydrogens is 300 g/mol. The first-order valence-electron chi connectivity index (χ1n) is 8.60. The fraction of sp³-hybridized carbons (Fsp3) is 0.882. The van der Waals surface area contributed by atoms with E-state index in [2.05, 4.69) is 0 Å². The third-order valence-electron chi connectivity index (χ3n) is 3.17. The lowest BCUT2D eigenvalue weighted by molar-refractivity contribution is -0.146. The Hall–Kier alpha value is -1.14. The van der Waals surface area contributed by atoms with Gasteiger partial charge < -0.3 is 18.9 Å². The molecule has 1 rings (SSSR count). The van der Waals surface area contributed by atoms with Gasteiger partial charge in [-0.05, 0) is 19.8 Å². The lowest BCUT2D eigenvalue weighted by atomic mass is 10.2. The number of carbonyl (C=O) groups is 2. The molecule has 0 aromatic heterocycles. The average Bonchev–Trinajstić information content (AvgIpc) is 2.92. The zero-order chi connectivity index (χ0) is 17.5. The van der Waals surface area contributed by atoms with E-state index in [1.165, 1.54) is 6.92 Å². The minimum absolute atomic E-state index is 0.0384. The van der Waals surface area contributed by atoms with E-state index in [4.69, 9.17) is 18.9 Å². The molecule has 0 spiro atoms. The summed E-state index contributed by atoms with van der Waals surface area (Å²) in [6.07, 6.45) is 3.58. The third-order valence-corrected chi connectivity index (χ3v) is 3.17. The van der Waals surface area contributed by atoms with Gasteiger partial charge in [0, 0.05) is 39.4 Å². The number of cyclic esters (lactones) is 1. The highest BCUT2D eigenvalue weighted by atomic mass is 16.6. The van der Waals surface area contributed by atoms with E-state index in [1.807, 2.05) is 20.8 Å². The van der Waals surface area contributed by atoms with Crippen molar-refractivity contribution in [1.82, 2.24) is 0 Å². The molecule has 1 fully saturated rings. The molecule has 1 heterocycles. The first-order chi connectivity index (χ1) is 11.1. The molecule has 23 heavy (non-hydrogen) atoms. The molecule has 0 aromatic carbocycles. The average molecular weight is 332 g/mol. The summed E-state index contributed by atoms with van der Waals surface area (Å²) in [6, 6.07) is 0. The molecule has 6 heteroatoms. The standard InChI is InChI=1S/C15H26O6.C2H6/c1-12(20-13(2)16)6-10-18-8-3-9-19-11-7-14-4-5-15(17)21-14;1-2/h12,14H,3-11H2,1-2H3;1-2H3. The second-order valence-corrected chi connectivity index (χ2v) is 5.23. The van der Waals surface area contributed by atoms with Crippen LogP contribution in [-0.2, 0) is 28.5 Å². The predicted molar refractivity (Wildman–Crippen MR) is 87.2 cm³/mol. The fourth-order valence-electron chi connectivity index (χ4n) is 2.06. The third kappa shape index (κ3) is 13.0. The van der Waals surface area contributed by atoms with Crippen molar-refractivity contribution in [3.8, 4) is 0 Å². The maximum atomic E-state index is 10.9. The maximum Gasteiger partial charge on any atom is 0.306 e. The van der Waals surface area contributed by atoms with Crippen molar-refractivity contribution in [2.24, 2.45) is 0 Å². The van der Waals surface area contributed by atoms with E-state index >= 15 is 0 Å². The van der Waals surface area contributed by atoms with Crippen LogP contribution in [-0.4, -0.2) is 50.6 Å². The van der Waals surface area contributed by atoms with Gasteiger partial charge in [-0.1, -0.05) is 13.8 Å². The van der Waals surface area contributed by atoms with Crippen LogP contribution >= 0.6 is 0 Å². The molecule has 2 atom stereocenters. The molecule has 0 bridgehead atoms. The number of esters is 2. The molecule has 0 radical (unpaired) electrons. The Labute approximate surface area is 139 Å². The van der Waals surface area contributed by atoms with Crippen molar-refractivity contribution < 1.29 is 28.5 Å². The van der Waals surface area contributed by atoms with E-state index in [0.717, 1.165) is 19.3 Å². The van der Waals surface area contributed by atoms with Crippen LogP contribution in [0.3, 0.4) is 0 Å². The lowest BCUT2D eigenvalue weighted by Gasteiger charge is -2.12. The van der Waals surface area contributed by atoms with Gasteiger partial charge in [-0.25, -0.2) is 0 Å². The second kappa shape index (κ2) is 14.5. The van der Waals surface area contributed by atoms with Crippen LogP contribution < -0.4 is 0 Å². The van der Waals surface area contributed by atoms with Gasteiger partial charge in [-0.3, -0.25) is 9.59 Å². The van der Waals surface area contributed by atoms with Gasteiger partial charge in [-0.15, -0.1) is 0 Å². The molecule has 2 unspecified atom stereocenters. The molecule has 1 aliphatic rings. The van der Waals surface area contributed by atoms with Crippen molar-refractivity contribution in [1.29, 1.82) is 0 Å². The van der Waals surface area contributed by atoms with Crippen molar-refractivity contribution >= 4 is 11.9 Å². The Morgan fingerprint density at radius 1 is 1.22 bits per heavy atom. The number of ether oxygens (including phenoxy) is 4. The fourth-order valence-corrected chi connectivity index (χ4v) is 2.06. The van der Waals surface area contributed by atoms with Gasteiger partial charge in [0.1, 0.15) is 12.2 Å². The number of rotatable bonds is 11. The van der Waals surface area contributed by atoms with Crippen LogP contribution in [0, 0.1) is 0 Å². The molecule has 1 saturated heterocycles.